The van der Waals surface area contributed by atoms with E-state index in [9.17, 15) is 9.90 Å². The minimum atomic E-state index is -2.18. The highest BCUT2D eigenvalue weighted by molar-refractivity contribution is 6.70. The molecule has 6 rings (SSSR count). The molecule has 0 radical (unpaired) electrons. The van der Waals surface area contributed by atoms with Gasteiger partial charge in [-0.25, -0.2) is 0 Å². The summed E-state index contributed by atoms with van der Waals surface area (Å²) in [5, 5.41) is 10.6. The largest absolute Gasteiger partial charge is 0.404 e. The van der Waals surface area contributed by atoms with Crippen molar-refractivity contribution in [1.82, 2.24) is 0 Å². The lowest BCUT2D eigenvalue weighted by molar-refractivity contribution is -0.424. The second-order valence-electron chi connectivity index (χ2n) is 13.6. The molecule has 5 aliphatic rings. The predicted molar refractivity (Wildman–Crippen MR) is 147 cm³/mol. The van der Waals surface area contributed by atoms with E-state index in [1.165, 1.54) is 0 Å². The number of Topliss-reactive ketones (excluding diaryl/α,β-unsaturated/α-hetero) is 1. The highest BCUT2D eigenvalue weighted by Crippen LogP contribution is 2.69. The summed E-state index contributed by atoms with van der Waals surface area (Å²) in [5.41, 5.74) is 0.317. The van der Waals surface area contributed by atoms with Gasteiger partial charge in [-0.3, -0.25) is 4.79 Å². The molecule has 0 unspecified atom stereocenters. The third kappa shape index (κ3) is 3.52. The van der Waals surface area contributed by atoms with Crippen LogP contribution in [0.5, 0.6) is 0 Å². The average Bonchev–Trinajstić information content (AvgIpc) is 3.14. The zero-order valence-electron chi connectivity index (χ0n) is 23.6. The van der Waals surface area contributed by atoms with Crippen molar-refractivity contribution in [2.75, 3.05) is 6.61 Å². The number of aliphatic hydroxyl groups excluding tert-OH is 1. The van der Waals surface area contributed by atoms with Crippen LogP contribution in [-0.2, 0) is 29.9 Å². The van der Waals surface area contributed by atoms with Crippen molar-refractivity contribution in [1.29, 1.82) is 0 Å². The van der Waals surface area contributed by atoms with Crippen molar-refractivity contribution in [3.8, 4) is 0 Å². The summed E-state index contributed by atoms with van der Waals surface area (Å²) < 4.78 is 28.1. The third-order valence-electron chi connectivity index (χ3n) is 9.81. The molecule has 0 amide bonds. The Balaban J connectivity index is 1.58. The Bertz CT molecular complexity index is 1190. The molecule has 2 saturated heterocycles. The van der Waals surface area contributed by atoms with E-state index in [0.717, 1.165) is 16.7 Å². The van der Waals surface area contributed by atoms with Crippen LogP contribution in [-0.4, -0.2) is 54.7 Å². The standard InChI is InChI=1S/C31H42O6Si/c1-19(2)28-15-21(4)31-24(27(28)34-30(35-28,36-31)17-22-11-9-8-10-12-22)14-23(18-32)16-29(37-38(5,6)7)25(31)13-20(3)26(29)33/h8-12,14,20-21,24-25,27,32H,1,13,15-18H2,2-7H3/t20-,21+,24-,25+,27+,28+,29+,30-,31+/m0/s1. The Morgan fingerprint density at radius 3 is 2.53 bits per heavy atom. The number of rotatable bonds is 6. The van der Waals surface area contributed by atoms with Crippen LogP contribution < -0.4 is 0 Å². The van der Waals surface area contributed by atoms with E-state index in [1.54, 1.807) is 0 Å². The van der Waals surface area contributed by atoms with Crippen LogP contribution in [0.1, 0.15) is 45.6 Å². The number of carbonyl (C=O) groups is 1. The van der Waals surface area contributed by atoms with Crippen LogP contribution >= 0.6 is 0 Å². The number of carbonyl (C=O) groups excluding carboxylic acids is 1. The molecule has 1 aromatic rings. The van der Waals surface area contributed by atoms with Crippen molar-refractivity contribution in [3.05, 3.63) is 59.7 Å². The van der Waals surface area contributed by atoms with E-state index in [-0.39, 0.29) is 42.2 Å². The Kier molecular flexibility index (Phi) is 5.91. The zero-order chi connectivity index (χ0) is 27.3. The van der Waals surface area contributed by atoms with Gasteiger partial charge < -0.3 is 23.7 Å². The fourth-order valence-corrected chi connectivity index (χ4v) is 10.0. The van der Waals surface area contributed by atoms with Gasteiger partial charge in [-0.15, -0.1) is 0 Å². The topological polar surface area (TPSA) is 74.2 Å². The lowest BCUT2D eigenvalue weighted by Crippen LogP contribution is -2.71. The molecule has 0 spiro atoms. The van der Waals surface area contributed by atoms with Gasteiger partial charge in [0.15, 0.2) is 14.1 Å². The molecular weight excluding hydrogens is 496 g/mol. The highest BCUT2D eigenvalue weighted by atomic mass is 28.4. The monoisotopic (exact) mass is 538 g/mol. The van der Waals surface area contributed by atoms with Crippen LogP contribution in [0.2, 0.25) is 19.6 Å². The summed E-state index contributed by atoms with van der Waals surface area (Å²) in [6, 6.07) is 10.2. The van der Waals surface area contributed by atoms with E-state index < -0.39 is 31.1 Å². The molecule has 7 heteroatoms. The number of hydrogen-bond acceptors (Lipinski definition) is 6. The number of aliphatic hydroxyl groups is 1. The first-order chi connectivity index (χ1) is 17.8. The second-order valence-corrected chi connectivity index (χ2v) is 18.0. The Morgan fingerprint density at radius 1 is 1.18 bits per heavy atom. The molecule has 6 nitrogen and oxygen atoms in total. The summed E-state index contributed by atoms with van der Waals surface area (Å²) in [6.45, 7) is 17.0. The fraction of sp³-hybridized carbons (Fsp3) is 0.645. The fourth-order valence-electron chi connectivity index (χ4n) is 8.62. The van der Waals surface area contributed by atoms with Crippen molar-refractivity contribution >= 4 is 14.1 Å². The molecular formula is C31H42O6Si. The zero-order valence-corrected chi connectivity index (χ0v) is 24.6. The molecule has 2 saturated carbocycles. The molecule has 206 valence electrons. The summed E-state index contributed by atoms with van der Waals surface area (Å²) in [6.07, 6.45) is 4.04. The van der Waals surface area contributed by atoms with Gasteiger partial charge >= 0.3 is 0 Å². The van der Waals surface area contributed by atoms with Crippen LogP contribution in [0.4, 0.5) is 0 Å². The van der Waals surface area contributed by atoms with E-state index in [2.05, 4.69) is 51.4 Å². The van der Waals surface area contributed by atoms with Crippen LogP contribution in [0.15, 0.2) is 54.1 Å². The maximum atomic E-state index is 14.2. The number of ether oxygens (including phenoxy) is 3. The molecule has 2 heterocycles. The Labute approximate surface area is 227 Å². The molecule has 2 aliphatic heterocycles. The molecule has 1 aromatic carbocycles. The summed E-state index contributed by atoms with van der Waals surface area (Å²) in [4.78, 5) is 14.2. The predicted octanol–water partition coefficient (Wildman–Crippen LogP) is 5.18. The molecule has 0 aromatic heterocycles. The maximum Gasteiger partial charge on any atom is 0.289 e. The molecule has 1 N–H and O–H groups in total. The first-order valence-electron chi connectivity index (χ1n) is 14.1. The van der Waals surface area contributed by atoms with Gasteiger partial charge in [0.25, 0.3) is 5.97 Å². The molecule has 9 atom stereocenters. The molecule has 38 heavy (non-hydrogen) atoms. The molecule has 3 bridgehead atoms. The van der Waals surface area contributed by atoms with Gasteiger partial charge in [0.05, 0.1) is 18.6 Å². The molecule has 4 fully saturated rings. The van der Waals surface area contributed by atoms with Gasteiger partial charge in [-0.2, -0.15) is 0 Å². The lowest BCUT2D eigenvalue weighted by Gasteiger charge is -2.60. The van der Waals surface area contributed by atoms with E-state index in [1.807, 2.05) is 32.0 Å². The van der Waals surface area contributed by atoms with Gasteiger partial charge in [0.1, 0.15) is 17.3 Å². The first kappa shape index (κ1) is 26.6. The summed E-state index contributed by atoms with van der Waals surface area (Å²) in [5.74, 6) is -1.64. The normalized spacial score (nSPS) is 45.4. The van der Waals surface area contributed by atoms with Crippen LogP contribution in [0.3, 0.4) is 0 Å². The summed E-state index contributed by atoms with van der Waals surface area (Å²) in [7, 11) is -2.18. The number of ketones is 1. The maximum absolute atomic E-state index is 14.2. The average molecular weight is 539 g/mol. The van der Waals surface area contributed by atoms with Gasteiger partial charge in [-0.1, -0.05) is 56.8 Å². The summed E-state index contributed by atoms with van der Waals surface area (Å²) >= 11 is 0. The molecule has 3 aliphatic carbocycles. The van der Waals surface area contributed by atoms with E-state index in [0.29, 0.717) is 25.7 Å². The Hall–Kier alpha value is -1.61. The number of fused-ring (bicyclic) bond motifs is 2. The van der Waals surface area contributed by atoms with Crippen molar-refractivity contribution < 1.29 is 28.5 Å². The van der Waals surface area contributed by atoms with Crippen molar-refractivity contribution in [2.24, 2.45) is 23.7 Å². The highest BCUT2D eigenvalue weighted by Gasteiger charge is 2.80. The first-order valence-corrected chi connectivity index (χ1v) is 17.5. The lowest BCUT2D eigenvalue weighted by atomic mass is 9.54. The minimum Gasteiger partial charge on any atom is -0.404 e. The minimum absolute atomic E-state index is 0.0454. The van der Waals surface area contributed by atoms with Crippen molar-refractivity contribution in [2.45, 2.75) is 95.0 Å². The van der Waals surface area contributed by atoms with Gasteiger partial charge in [0, 0.05) is 24.2 Å². The third-order valence-corrected chi connectivity index (χ3v) is 10.8. The quantitative estimate of drug-likeness (QED) is 0.398. The number of hydrogen-bond donors (Lipinski definition) is 1. The second kappa shape index (κ2) is 8.45. The van der Waals surface area contributed by atoms with Crippen LogP contribution in [0.25, 0.3) is 0 Å². The van der Waals surface area contributed by atoms with E-state index in [4.69, 9.17) is 18.6 Å². The SMILES string of the molecule is C=C(C)[C@]12C[C@@H](C)[C@@]34O[C@@](Cc5ccccc5)(O[C@@H]1[C@@H]3C=C(CO)C[C@]1(O[Si](C)(C)C)C(=O)[C@@H](C)C[C@@H]41)O2. The van der Waals surface area contributed by atoms with Gasteiger partial charge in [-0.05, 0) is 62.0 Å². The van der Waals surface area contributed by atoms with Gasteiger partial charge in [0.2, 0.25) is 0 Å². The Morgan fingerprint density at radius 2 is 1.89 bits per heavy atom. The van der Waals surface area contributed by atoms with E-state index >= 15 is 0 Å². The number of benzene rings is 1. The smallest absolute Gasteiger partial charge is 0.289 e. The van der Waals surface area contributed by atoms with Crippen LogP contribution in [0, 0.1) is 23.7 Å². The van der Waals surface area contributed by atoms with Crippen molar-refractivity contribution in [3.63, 3.8) is 0 Å².